The van der Waals surface area contributed by atoms with Gasteiger partial charge in [0.25, 0.3) is 0 Å². The minimum atomic E-state index is -0.453. The quantitative estimate of drug-likeness (QED) is 0.468. The number of hydrogen-bond acceptors (Lipinski definition) is 1. The lowest BCUT2D eigenvalue weighted by Crippen LogP contribution is -1.97. The van der Waals surface area contributed by atoms with Gasteiger partial charge in [0.2, 0.25) is 0 Å². The summed E-state index contributed by atoms with van der Waals surface area (Å²) in [6, 6.07) is 0. The summed E-state index contributed by atoms with van der Waals surface area (Å²) in [5, 5.41) is 0. The summed E-state index contributed by atoms with van der Waals surface area (Å²) >= 11 is 0. The van der Waals surface area contributed by atoms with Crippen LogP contribution in [0, 0.1) is 5.92 Å². The molecular weight excluding hydrogens is 167 g/mol. The van der Waals surface area contributed by atoms with Crippen LogP contribution in [0.25, 0.3) is 0 Å². The average molecular weight is 182 g/mol. The van der Waals surface area contributed by atoms with Crippen LogP contribution in [0.1, 0.15) is 19.8 Å². The highest BCUT2D eigenvalue weighted by Gasteiger charge is 2.22. The number of rotatable bonds is 5. The van der Waals surface area contributed by atoms with Crippen LogP contribution in [-0.4, -0.2) is 6.61 Å². The van der Waals surface area contributed by atoms with Crippen molar-refractivity contribution in [3.63, 3.8) is 0 Å². The number of ether oxygens (including phenoxy) is 1. The fourth-order valence-corrected chi connectivity index (χ4v) is 0.946. The van der Waals surface area contributed by atoms with Crippen LogP contribution in [0.4, 0.5) is 4.39 Å². The Hall–Kier alpha value is -1.05. The Morgan fingerprint density at radius 2 is 2.23 bits per heavy atom. The van der Waals surface area contributed by atoms with Crippen LogP contribution in [0.15, 0.2) is 36.4 Å². The predicted molar refractivity (Wildman–Crippen MR) is 51.8 cm³/mol. The van der Waals surface area contributed by atoms with E-state index in [0.717, 1.165) is 0 Å². The number of halogens is 1. The van der Waals surface area contributed by atoms with Crippen molar-refractivity contribution < 1.29 is 9.13 Å². The van der Waals surface area contributed by atoms with E-state index >= 15 is 0 Å². The van der Waals surface area contributed by atoms with Crippen molar-refractivity contribution in [3.8, 4) is 0 Å². The Balaban J connectivity index is 2.52. The Kier molecular flexibility index (Phi) is 3.29. The van der Waals surface area contributed by atoms with E-state index in [0.29, 0.717) is 23.9 Å². The third-order valence-electron chi connectivity index (χ3n) is 2.13. The van der Waals surface area contributed by atoms with E-state index in [-0.39, 0.29) is 0 Å². The molecule has 1 aliphatic carbocycles. The largest absolute Gasteiger partial charge is 0.493 e. The molecule has 0 amide bonds. The molecule has 0 unspecified atom stereocenters. The first-order valence-electron chi connectivity index (χ1n) is 4.46. The second-order valence-corrected chi connectivity index (χ2v) is 3.35. The van der Waals surface area contributed by atoms with Gasteiger partial charge in [-0.15, -0.1) is 0 Å². The Labute approximate surface area is 78.6 Å². The Bertz CT molecular complexity index is 249. The summed E-state index contributed by atoms with van der Waals surface area (Å²) in [7, 11) is 0. The first-order chi connectivity index (χ1) is 6.15. The molecule has 1 aliphatic rings. The molecule has 1 nitrogen and oxygen atoms in total. The van der Waals surface area contributed by atoms with Crippen LogP contribution in [0.2, 0.25) is 0 Å². The van der Waals surface area contributed by atoms with Crippen molar-refractivity contribution in [2.45, 2.75) is 19.8 Å². The molecule has 1 saturated carbocycles. The van der Waals surface area contributed by atoms with Gasteiger partial charge in [0.05, 0.1) is 6.61 Å². The van der Waals surface area contributed by atoms with Crippen molar-refractivity contribution in [2.24, 2.45) is 5.92 Å². The van der Waals surface area contributed by atoms with Crippen LogP contribution in [0.5, 0.6) is 0 Å². The molecule has 0 aromatic carbocycles. The van der Waals surface area contributed by atoms with Crippen LogP contribution < -0.4 is 0 Å². The summed E-state index contributed by atoms with van der Waals surface area (Å²) in [5.74, 6) is 0.723. The fourth-order valence-electron chi connectivity index (χ4n) is 0.946. The first kappa shape index (κ1) is 10.0. The molecule has 0 radical (unpaired) electrons. The van der Waals surface area contributed by atoms with Crippen molar-refractivity contribution in [1.82, 2.24) is 0 Å². The van der Waals surface area contributed by atoms with Gasteiger partial charge in [0.15, 0.2) is 0 Å². The molecule has 13 heavy (non-hydrogen) atoms. The summed E-state index contributed by atoms with van der Waals surface area (Å²) in [6.45, 7) is 9.10. The molecular formula is C11H15FO. The second kappa shape index (κ2) is 4.26. The van der Waals surface area contributed by atoms with Gasteiger partial charge in [-0.25, -0.2) is 4.39 Å². The highest BCUT2D eigenvalue weighted by Crippen LogP contribution is 2.30. The van der Waals surface area contributed by atoms with Gasteiger partial charge in [-0.1, -0.05) is 13.2 Å². The monoisotopic (exact) mass is 182 g/mol. The minimum absolute atomic E-state index is 0.440. The summed E-state index contributed by atoms with van der Waals surface area (Å²) in [6.07, 6.45) is 3.97. The van der Waals surface area contributed by atoms with Gasteiger partial charge >= 0.3 is 0 Å². The van der Waals surface area contributed by atoms with E-state index in [4.69, 9.17) is 4.74 Å². The Morgan fingerprint density at radius 1 is 1.62 bits per heavy atom. The SMILES string of the molecule is C=C/C(OCC1CC1)=C(/C)C(=C)F. The van der Waals surface area contributed by atoms with Crippen LogP contribution in [-0.2, 0) is 4.74 Å². The average Bonchev–Trinajstić information content (AvgIpc) is 2.88. The summed E-state index contributed by atoms with van der Waals surface area (Å²) in [4.78, 5) is 0. The zero-order valence-corrected chi connectivity index (χ0v) is 7.98. The van der Waals surface area contributed by atoms with Gasteiger partial charge in [-0.3, -0.25) is 0 Å². The standard InChI is InChI=1S/C11H15FO/c1-4-11(8(2)9(3)12)13-7-10-5-6-10/h4,10H,1,3,5-7H2,2H3/b11-8+. The zero-order chi connectivity index (χ0) is 9.84. The second-order valence-electron chi connectivity index (χ2n) is 3.35. The maximum atomic E-state index is 12.7. The summed E-state index contributed by atoms with van der Waals surface area (Å²) in [5.41, 5.74) is 0.440. The van der Waals surface area contributed by atoms with Crippen LogP contribution >= 0.6 is 0 Å². The van der Waals surface area contributed by atoms with E-state index in [1.165, 1.54) is 18.9 Å². The van der Waals surface area contributed by atoms with Gasteiger partial charge in [-0.2, -0.15) is 0 Å². The summed E-state index contributed by atoms with van der Waals surface area (Å²) < 4.78 is 18.1. The molecule has 0 aromatic rings. The molecule has 1 fully saturated rings. The normalized spacial score (nSPS) is 17.7. The highest BCUT2D eigenvalue weighted by atomic mass is 19.1. The molecule has 0 spiro atoms. The molecule has 0 bridgehead atoms. The number of allylic oxidation sites excluding steroid dienone is 3. The minimum Gasteiger partial charge on any atom is -0.493 e. The van der Waals surface area contributed by atoms with Crippen LogP contribution in [0.3, 0.4) is 0 Å². The van der Waals surface area contributed by atoms with E-state index < -0.39 is 5.83 Å². The van der Waals surface area contributed by atoms with Crippen molar-refractivity contribution >= 4 is 0 Å². The molecule has 0 saturated heterocycles. The maximum Gasteiger partial charge on any atom is 0.124 e. The topological polar surface area (TPSA) is 9.23 Å². The molecule has 0 N–H and O–H groups in total. The van der Waals surface area contributed by atoms with Gasteiger partial charge in [-0.05, 0) is 31.8 Å². The van der Waals surface area contributed by atoms with Crippen molar-refractivity contribution in [1.29, 1.82) is 0 Å². The third kappa shape index (κ3) is 3.05. The van der Waals surface area contributed by atoms with Crippen molar-refractivity contribution in [2.75, 3.05) is 6.61 Å². The molecule has 2 heteroatoms. The lowest BCUT2D eigenvalue weighted by atomic mass is 10.2. The van der Waals surface area contributed by atoms with Gasteiger partial charge in [0.1, 0.15) is 11.6 Å². The molecule has 72 valence electrons. The third-order valence-corrected chi connectivity index (χ3v) is 2.13. The number of hydrogen-bond donors (Lipinski definition) is 0. The van der Waals surface area contributed by atoms with Gasteiger partial charge < -0.3 is 4.74 Å². The van der Waals surface area contributed by atoms with E-state index in [9.17, 15) is 4.39 Å². The van der Waals surface area contributed by atoms with Crippen molar-refractivity contribution in [3.05, 3.63) is 36.4 Å². The fraction of sp³-hybridized carbons (Fsp3) is 0.455. The molecule has 0 heterocycles. The molecule has 1 rings (SSSR count). The zero-order valence-electron chi connectivity index (χ0n) is 7.98. The first-order valence-corrected chi connectivity index (χ1v) is 4.46. The molecule has 0 aliphatic heterocycles. The Morgan fingerprint density at radius 3 is 2.62 bits per heavy atom. The van der Waals surface area contributed by atoms with E-state index in [1.807, 2.05) is 0 Å². The lowest BCUT2D eigenvalue weighted by Gasteiger charge is -2.08. The van der Waals surface area contributed by atoms with E-state index in [2.05, 4.69) is 13.2 Å². The highest BCUT2D eigenvalue weighted by molar-refractivity contribution is 5.29. The maximum absolute atomic E-state index is 12.7. The van der Waals surface area contributed by atoms with E-state index in [1.54, 1.807) is 6.92 Å². The molecule has 0 atom stereocenters. The molecule has 0 aromatic heterocycles. The van der Waals surface area contributed by atoms with Gasteiger partial charge in [0, 0.05) is 5.57 Å². The smallest absolute Gasteiger partial charge is 0.124 e. The lowest BCUT2D eigenvalue weighted by molar-refractivity contribution is 0.207. The predicted octanol–water partition coefficient (Wildman–Crippen LogP) is 3.36.